The molecular formula is C21H26FN5. The number of aromatic nitrogens is 2. The Morgan fingerprint density at radius 2 is 1.59 bits per heavy atom. The standard InChI is InChI=1S/C21H26FN5/c22-16-5-7-17(8-6-16)25-9-11-26(12-10-25)18-13-27(14-18)21-19-3-1-2-4-20(19)23-15-24-21/h5-8,15,18H,1-4,9-14H2. The number of hydrogen-bond acceptors (Lipinski definition) is 5. The maximum atomic E-state index is 13.1. The average Bonchev–Trinajstić information content (AvgIpc) is 2.68. The van der Waals surface area contributed by atoms with E-state index in [1.165, 1.54) is 29.9 Å². The topological polar surface area (TPSA) is 35.5 Å². The zero-order valence-electron chi connectivity index (χ0n) is 15.6. The Balaban J connectivity index is 1.17. The van der Waals surface area contributed by atoms with E-state index in [-0.39, 0.29) is 5.82 Å². The predicted octanol–water partition coefficient (Wildman–Crippen LogP) is 2.51. The first kappa shape index (κ1) is 16.9. The predicted molar refractivity (Wildman–Crippen MR) is 105 cm³/mol. The number of fused-ring (bicyclic) bond motifs is 1. The fourth-order valence-electron chi connectivity index (χ4n) is 4.63. The fourth-order valence-corrected chi connectivity index (χ4v) is 4.63. The average molecular weight is 367 g/mol. The molecular weight excluding hydrogens is 341 g/mol. The number of nitrogens with zero attached hydrogens (tertiary/aromatic N) is 5. The molecule has 0 atom stereocenters. The maximum Gasteiger partial charge on any atom is 0.135 e. The van der Waals surface area contributed by atoms with Crippen molar-refractivity contribution in [3.8, 4) is 0 Å². The molecule has 2 aliphatic heterocycles. The maximum absolute atomic E-state index is 13.1. The smallest absolute Gasteiger partial charge is 0.135 e. The van der Waals surface area contributed by atoms with Crippen molar-refractivity contribution in [1.29, 1.82) is 0 Å². The normalized spacial score (nSPS) is 21.1. The van der Waals surface area contributed by atoms with Crippen molar-refractivity contribution in [3.05, 3.63) is 47.7 Å². The monoisotopic (exact) mass is 367 g/mol. The number of halogens is 1. The van der Waals surface area contributed by atoms with Gasteiger partial charge in [-0.15, -0.1) is 0 Å². The number of piperazine rings is 1. The third-order valence-corrected chi connectivity index (χ3v) is 6.29. The van der Waals surface area contributed by atoms with E-state index in [1.54, 1.807) is 18.5 Å². The van der Waals surface area contributed by atoms with Gasteiger partial charge in [-0.1, -0.05) is 0 Å². The van der Waals surface area contributed by atoms with Gasteiger partial charge in [-0.25, -0.2) is 14.4 Å². The molecule has 27 heavy (non-hydrogen) atoms. The Morgan fingerprint density at radius 1 is 0.852 bits per heavy atom. The van der Waals surface area contributed by atoms with E-state index in [1.807, 2.05) is 12.1 Å². The van der Waals surface area contributed by atoms with Crippen LogP contribution in [0.15, 0.2) is 30.6 Å². The minimum Gasteiger partial charge on any atom is -0.369 e. The summed E-state index contributed by atoms with van der Waals surface area (Å²) in [6.07, 6.45) is 6.49. The second-order valence-electron chi connectivity index (χ2n) is 7.89. The summed E-state index contributed by atoms with van der Waals surface area (Å²) in [6, 6.07) is 7.49. The summed E-state index contributed by atoms with van der Waals surface area (Å²) in [5.41, 5.74) is 3.78. The Hall–Kier alpha value is -2.21. The van der Waals surface area contributed by atoms with Crippen LogP contribution in [0, 0.1) is 5.82 Å². The zero-order chi connectivity index (χ0) is 18.2. The molecule has 1 aliphatic carbocycles. The SMILES string of the molecule is Fc1ccc(N2CCN(C3CN(c4ncnc5c4CCCC5)C3)CC2)cc1. The van der Waals surface area contributed by atoms with Gasteiger partial charge in [-0.05, 0) is 49.9 Å². The number of rotatable bonds is 3. The lowest BCUT2D eigenvalue weighted by Gasteiger charge is -2.49. The van der Waals surface area contributed by atoms with E-state index in [4.69, 9.17) is 0 Å². The van der Waals surface area contributed by atoms with Gasteiger partial charge >= 0.3 is 0 Å². The lowest BCUT2D eigenvalue weighted by Crippen LogP contribution is -2.63. The van der Waals surface area contributed by atoms with Crippen LogP contribution in [0.25, 0.3) is 0 Å². The van der Waals surface area contributed by atoms with E-state index in [0.717, 1.165) is 57.8 Å². The highest BCUT2D eigenvalue weighted by molar-refractivity contribution is 5.52. The molecule has 3 aliphatic rings. The first-order valence-corrected chi connectivity index (χ1v) is 10.1. The van der Waals surface area contributed by atoms with Crippen LogP contribution in [-0.4, -0.2) is 60.2 Å². The molecule has 1 aromatic carbocycles. The fraction of sp³-hybridized carbons (Fsp3) is 0.524. The van der Waals surface area contributed by atoms with Gasteiger partial charge in [-0.3, -0.25) is 4.90 Å². The van der Waals surface area contributed by atoms with Gasteiger partial charge in [0.1, 0.15) is 18.0 Å². The zero-order valence-corrected chi connectivity index (χ0v) is 15.6. The number of hydrogen-bond donors (Lipinski definition) is 0. The Bertz CT molecular complexity index is 795. The Labute approximate surface area is 159 Å². The molecule has 5 nitrogen and oxygen atoms in total. The van der Waals surface area contributed by atoms with Crippen LogP contribution in [0.1, 0.15) is 24.1 Å². The van der Waals surface area contributed by atoms with Gasteiger partial charge < -0.3 is 9.80 Å². The molecule has 0 spiro atoms. The van der Waals surface area contributed by atoms with Crippen molar-refractivity contribution in [2.24, 2.45) is 0 Å². The number of benzene rings is 1. The summed E-state index contributed by atoms with van der Waals surface area (Å²) in [5, 5.41) is 0. The van der Waals surface area contributed by atoms with Gasteiger partial charge in [-0.2, -0.15) is 0 Å². The highest BCUT2D eigenvalue weighted by Gasteiger charge is 2.35. The minimum atomic E-state index is -0.168. The summed E-state index contributed by atoms with van der Waals surface area (Å²) in [4.78, 5) is 16.5. The van der Waals surface area contributed by atoms with Crippen LogP contribution >= 0.6 is 0 Å². The molecule has 1 aromatic heterocycles. The molecule has 0 N–H and O–H groups in total. The minimum absolute atomic E-state index is 0.168. The molecule has 0 bridgehead atoms. The molecule has 3 heterocycles. The van der Waals surface area contributed by atoms with Crippen molar-refractivity contribution >= 4 is 11.5 Å². The summed E-state index contributed by atoms with van der Waals surface area (Å²) in [7, 11) is 0. The molecule has 6 heteroatoms. The van der Waals surface area contributed by atoms with Crippen molar-refractivity contribution in [3.63, 3.8) is 0 Å². The Kier molecular flexibility index (Phi) is 4.44. The second kappa shape index (κ2) is 7.08. The third-order valence-electron chi connectivity index (χ3n) is 6.29. The summed E-state index contributed by atoms with van der Waals surface area (Å²) in [6.45, 7) is 6.28. The van der Waals surface area contributed by atoms with Crippen LogP contribution in [-0.2, 0) is 12.8 Å². The van der Waals surface area contributed by atoms with Crippen LogP contribution in [0.4, 0.5) is 15.9 Å². The van der Waals surface area contributed by atoms with Crippen LogP contribution in [0.2, 0.25) is 0 Å². The molecule has 0 saturated carbocycles. The first-order valence-electron chi connectivity index (χ1n) is 10.1. The second-order valence-corrected chi connectivity index (χ2v) is 7.89. The van der Waals surface area contributed by atoms with E-state index in [9.17, 15) is 4.39 Å². The van der Waals surface area contributed by atoms with Crippen LogP contribution in [0.5, 0.6) is 0 Å². The van der Waals surface area contributed by atoms with Crippen molar-refractivity contribution in [2.45, 2.75) is 31.7 Å². The molecule has 0 radical (unpaired) electrons. The lowest BCUT2D eigenvalue weighted by atomic mass is 9.95. The number of anilines is 2. The molecule has 5 rings (SSSR count). The van der Waals surface area contributed by atoms with Crippen LogP contribution < -0.4 is 9.80 Å². The molecule has 0 unspecified atom stereocenters. The van der Waals surface area contributed by atoms with Crippen molar-refractivity contribution in [2.75, 3.05) is 49.1 Å². The van der Waals surface area contributed by atoms with Crippen molar-refractivity contribution in [1.82, 2.24) is 14.9 Å². The largest absolute Gasteiger partial charge is 0.369 e. The van der Waals surface area contributed by atoms with E-state index in [2.05, 4.69) is 24.7 Å². The molecule has 2 fully saturated rings. The van der Waals surface area contributed by atoms with E-state index >= 15 is 0 Å². The molecule has 2 aromatic rings. The molecule has 0 amide bonds. The summed E-state index contributed by atoms with van der Waals surface area (Å²) < 4.78 is 13.1. The van der Waals surface area contributed by atoms with Gasteiger partial charge in [0.2, 0.25) is 0 Å². The van der Waals surface area contributed by atoms with Gasteiger partial charge in [0.15, 0.2) is 0 Å². The highest BCUT2D eigenvalue weighted by Crippen LogP contribution is 2.31. The Morgan fingerprint density at radius 3 is 2.37 bits per heavy atom. The molecule has 2 saturated heterocycles. The number of aryl methyl sites for hydroxylation is 1. The lowest BCUT2D eigenvalue weighted by molar-refractivity contribution is 0.156. The van der Waals surface area contributed by atoms with Crippen molar-refractivity contribution < 1.29 is 4.39 Å². The van der Waals surface area contributed by atoms with E-state index in [0.29, 0.717) is 6.04 Å². The highest BCUT2D eigenvalue weighted by atomic mass is 19.1. The van der Waals surface area contributed by atoms with Gasteiger partial charge in [0.25, 0.3) is 0 Å². The summed E-state index contributed by atoms with van der Waals surface area (Å²) >= 11 is 0. The quantitative estimate of drug-likeness (QED) is 0.833. The van der Waals surface area contributed by atoms with Gasteiger partial charge in [0, 0.05) is 62.3 Å². The first-order chi connectivity index (χ1) is 13.3. The van der Waals surface area contributed by atoms with Crippen LogP contribution in [0.3, 0.4) is 0 Å². The molecule has 142 valence electrons. The third kappa shape index (κ3) is 3.27. The van der Waals surface area contributed by atoms with Gasteiger partial charge in [0.05, 0.1) is 0 Å². The van der Waals surface area contributed by atoms with E-state index < -0.39 is 0 Å². The summed E-state index contributed by atoms with van der Waals surface area (Å²) in [5.74, 6) is 1.01.